The van der Waals surface area contributed by atoms with Crippen molar-refractivity contribution in [2.75, 3.05) is 7.11 Å². The van der Waals surface area contributed by atoms with Crippen LogP contribution < -0.4 is 16.0 Å². The number of carbonyl (C=O) groups is 1. The van der Waals surface area contributed by atoms with Gasteiger partial charge in [-0.3, -0.25) is 4.79 Å². The molecule has 0 bridgehead atoms. The molecule has 4 aromatic rings. The third-order valence-corrected chi connectivity index (χ3v) is 6.33. The van der Waals surface area contributed by atoms with Gasteiger partial charge in [-0.25, -0.2) is 14.2 Å². The second kappa shape index (κ2) is 8.67. The van der Waals surface area contributed by atoms with Crippen molar-refractivity contribution in [2.45, 2.75) is 26.9 Å². The van der Waals surface area contributed by atoms with Crippen LogP contribution in [0, 0.1) is 13.8 Å². The molecule has 9 heteroatoms. The number of carbonyl (C=O) groups excluding carboxylic acids is 1. The Bertz CT molecular complexity index is 1500. The molecule has 4 rings (SSSR count). The van der Waals surface area contributed by atoms with Crippen molar-refractivity contribution in [1.29, 1.82) is 0 Å². The normalized spacial score (nSPS) is 12.0. The second-order valence-electron chi connectivity index (χ2n) is 7.80. The van der Waals surface area contributed by atoms with Gasteiger partial charge in [-0.2, -0.15) is 4.37 Å². The molecule has 8 nitrogen and oxygen atoms in total. The first-order chi connectivity index (χ1) is 15.7. The van der Waals surface area contributed by atoms with Gasteiger partial charge in [-0.05, 0) is 62.6 Å². The van der Waals surface area contributed by atoms with Crippen LogP contribution in [0.2, 0.25) is 0 Å². The summed E-state index contributed by atoms with van der Waals surface area (Å²) in [5, 5.41) is 0.771. The van der Waals surface area contributed by atoms with E-state index in [4.69, 9.17) is 9.47 Å². The molecule has 0 fully saturated rings. The molecular weight excluding hydrogens is 442 g/mol. The third-order valence-electron chi connectivity index (χ3n) is 5.50. The van der Waals surface area contributed by atoms with Gasteiger partial charge >= 0.3 is 11.7 Å². The summed E-state index contributed by atoms with van der Waals surface area (Å²) in [6.07, 6.45) is -0.800. The summed E-state index contributed by atoms with van der Waals surface area (Å²) in [7, 11) is 2.94. The van der Waals surface area contributed by atoms with E-state index in [0.717, 1.165) is 20.2 Å². The van der Waals surface area contributed by atoms with E-state index in [1.54, 1.807) is 39.1 Å². The number of methoxy groups -OCH3 is 1. The van der Waals surface area contributed by atoms with Gasteiger partial charge in [0.1, 0.15) is 5.75 Å². The van der Waals surface area contributed by atoms with Gasteiger partial charge in [0.2, 0.25) is 0 Å². The zero-order valence-corrected chi connectivity index (χ0v) is 19.7. The fourth-order valence-electron chi connectivity index (χ4n) is 3.57. The van der Waals surface area contributed by atoms with E-state index in [2.05, 4.69) is 4.37 Å². The van der Waals surface area contributed by atoms with Crippen molar-refractivity contribution in [3.8, 4) is 22.7 Å². The summed E-state index contributed by atoms with van der Waals surface area (Å²) in [5.41, 5.74) is 2.56. The predicted octanol–water partition coefficient (Wildman–Crippen LogP) is 3.37. The highest BCUT2D eigenvalue weighted by Gasteiger charge is 2.20. The lowest BCUT2D eigenvalue weighted by Gasteiger charge is -2.16. The maximum absolute atomic E-state index is 12.8. The first-order valence-corrected chi connectivity index (χ1v) is 11.0. The molecule has 0 aliphatic carbocycles. The van der Waals surface area contributed by atoms with Crippen LogP contribution in [0.25, 0.3) is 27.0 Å². The van der Waals surface area contributed by atoms with Crippen molar-refractivity contribution in [3.63, 3.8) is 0 Å². The smallest absolute Gasteiger partial charge is 0.346 e. The lowest BCUT2D eigenvalue weighted by atomic mass is 10.0. The summed E-state index contributed by atoms with van der Waals surface area (Å²) < 4.78 is 18.7. The fourth-order valence-corrected chi connectivity index (χ4v) is 4.34. The molecule has 2 aromatic carbocycles. The SMILES string of the molecule is COC(=O)C(C)Oc1ccc(C)cc1-c1nsc2ccc(-n3c(=O)cc(C)n(C)c3=O)cc12. The zero-order valence-electron chi connectivity index (χ0n) is 18.9. The Labute approximate surface area is 193 Å². The van der Waals surface area contributed by atoms with Crippen molar-refractivity contribution in [2.24, 2.45) is 7.05 Å². The van der Waals surface area contributed by atoms with E-state index in [1.165, 1.54) is 29.3 Å². The largest absolute Gasteiger partial charge is 0.478 e. The number of nitrogens with zero attached hydrogens (tertiary/aromatic N) is 3. The zero-order chi connectivity index (χ0) is 23.9. The number of aromatic nitrogens is 3. The Hall–Kier alpha value is -3.72. The van der Waals surface area contributed by atoms with E-state index >= 15 is 0 Å². The molecule has 0 aliphatic heterocycles. The Morgan fingerprint density at radius 2 is 1.85 bits per heavy atom. The average molecular weight is 466 g/mol. The number of hydrogen-bond donors (Lipinski definition) is 0. The summed E-state index contributed by atoms with van der Waals surface area (Å²) in [6, 6.07) is 12.4. The van der Waals surface area contributed by atoms with Crippen LogP contribution >= 0.6 is 11.5 Å². The van der Waals surface area contributed by atoms with Crippen molar-refractivity contribution >= 4 is 27.6 Å². The molecule has 0 N–H and O–H groups in total. The molecule has 2 aromatic heterocycles. The first-order valence-electron chi connectivity index (χ1n) is 10.3. The maximum Gasteiger partial charge on any atom is 0.346 e. The summed E-state index contributed by atoms with van der Waals surface area (Å²) in [6.45, 7) is 5.28. The van der Waals surface area contributed by atoms with Gasteiger partial charge < -0.3 is 14.0 Å². The van der Waals surface area contributed by atoms with Crippen LogP contribution in [0.4, 0.5) is 0 Å². The Balaban J connectivity index is 1.89. The number of rotatable bonds is 5. The Morgan fingerprint density at radius 3 is 2.58 bits per heavy atom. The van der Waals surface area contributed by atoms with Crippen LogP contribution in [0.15, 0.2) is 52.1 Å². The van der Waals surface area contributed by atoms with Crippen molar-refractivity contribution in [1.82, 2.24) is 13.5 Å². The molecule has 0 saturated carbocycles. The molecule has 0 amide bonds. The van der Waals surface area contributed by atoms with E-state index < -0.39 is 23.3 Å². The topological polar surface area (TPSA) is 92.4 Å². The van der Waals surface area contributed by atoms with Crippen LogP contribution in [-0.2, 0) is 16.6 Å². The molecule has 1 unspecified atom stereocenters. The molecule has 33 heavy (non-hydrogen) atoms. The van der Waals surface area contributed by atoms with Gasteiger partial charge in [-0.1, -0.05) is 11.6 Å². The molecule has 2 heterocycles. The van der Waals surface area contributed by atoms with E-state index in [0.29, 0.717) is 28.4 Å². The van der Waals surface area contributed by atoms with Gasteiger partial charge in [-0.15, -0.1) is 0 Å². The minimum Gasteiger partial charge on any atom is -0.478 e. The van der Waals surface area contributed by atoms with E-state index in [-0.39, 0.29) is 0 Å². The number of benzene rings is 2. The van der Waals surface area contributed by atoms with Crippen LogP contribution in [0.5, 0.6) is 5.75 Å². The number of esters is 1. The van der Waals surface area contributed by atoms with Crippen molar-refractivity contribution in [3.05, 3.63) is 74.6 Å². The summed E-state index contributed by atoms with van der Waals surface area (Å²) in [5.74, 6) is 0.000980. The number of fused-ring (bicyclic) bond motifs is 1. The highest BCUT2D eigenvalue weighted by atomic mass is 32.1. The van der Waals surface area contributed by atoms with Gasteiger partial charge in [0.05, 0.1) is 23.2 Å². The third kappa shape index (κ3) is 4.07. The van der Waals surface area contributed by atoms with Gasteiger partial charge in [0.25, 0.3) is 5.56 Å². The standard InChI is InChI=1S/C24H23N3O5S/c1-13-6-8-19(32-15(3)23(29)31-5)17(10-13)22-18-12-16(7-9-20(18)33-25-22)27-21(28)11-14(2)26(4)24(27)30/h6-12,15H,1-5H3. The van der Waals surface area contributed by atoms with E-state index in [9.17, 15) is 14.4 Å². The number of hydrogen-bond acceptors (Lipinski definition) is 7. The molecular formula is C24H23N3O5S. The molecule has 0 aliphatic rings. The second-order valence-corrected chi connectivity index (χ2v) is 8.60. The van der Waals surface area contributed by atoms with E-state index in [1.807, 2.05) is 25.1 Å². The molecule has 0 radical (unpaired) electrons. The van der Waals surface area contributed by atoms with Crippen molar-refractivity contribution < 1.29 is 14.3 Å². The maximum atomic E-state index is 12.8. The van der Waals surface area contributed by atoms with Gasteiger partial charge in [0.15, 0.2) is 6.10 Å². The molecule has 1 atom stereocenters. The van der Waals surface area contributed by atoms with Gasteiger partial charge in [0, 0.05) is 29.8 Å². The summed E-state index contributed by atoms with van der Waals surface area (Å²) >= 11 is 1.30. The van der Waals surface area contributed by atoms with Crippen LogP contribution in [-0.4, -0.2) is 32.7 Å². The quantitative estimate of drug-likeness (QED) is 0.420. The highest BCUT2D eigenvalue weighted by Crippen LogP contribution is 2.38. The lowest BCUT2D eigenvalue weighted by Crippen LogP contribution is -2.38. The Morgan fingerprint density at radius 1 is 1.09 bits per heavy atom. The van der Waals surface area contributed by atoms with Crippen LogP contribution in [0.1, 0.15) is 18.2 Å². The highest BCUT2D eigenvalue weighted by molar-refractivity contribution is 7.13. The van der Waals surface area contributed by atoms with Crippen LogP contribution in [0.3, 0.4) is 0 Å². The minimum absolute atomic E-state index is 0.397. The molecule has 170 valence electrons. The molecule has 0 saturated heterocycles. The molecule has 0 spiro atoms. The number of aryl methyl sites for hydroxylation is 2. The number of ether oxygens (including phenoxy) is 2. The Kier molecular flexibility index (Phi) is 5.90. The summed E-state index contributed by atoms with van der Waals surface area (Å²) in [4.78, 5) is 37.3. The minimum atomic E-state index is -0.800. The average Bonchev–Trinajstić information content (AvgIpc) is 3.21. The first kappa shape index (κ1) is 22.5. The lowest BCUT2D eigenvalue weighted by molar-refractivity contribution is -0.147. The fraction of sp³-hybridized carbons (Fsp3) is 0.250. The monoisotopic (exact) mass is 465 g/mol. The predicted molar refractivity (Wildman–Crippen MR) is 127 cm³/mol.